The Morgan fingerprint density at radius 3 is 2.90 bits per heavy atom. The van der Waals surface area contributed by atoms with Gasteiger partial charge in [0.25, 0.3) is 0 Å². The van der Waals surface area contributed by atoms with Gasteiger partial charge in [-0.3, -0.25) is 0 Å². The maximum Gasteiger partial charge on any atom is 0.318 e. The van der Waals surface area contributed by atoms with E-state index >= 15 is 0 Å². The van der Waals surface area contributed by atoms with Gasteiger partial charge in [-0.05, 0) is 39.4 Å². The smallest absolute Gasteiger partial charge is 0.318 e. The summed E-state index contributed by atoms with van der Waals surface area (Å²) in [6, 6.07) is 1.06. The van der Waals surface area contributed by atoms with E-state index in [9.17, 15) is 0 Å². The molecule has 2 rings (SSSR count). The summed E-state index contributed by atoms with van der Waals surface area (Å²) in [7, 11) is 2.16. The van der Waals surface area contributed by atoms with Crippen molar-refractivity contribution < 1.29 is 4.42 Å². The van der Waals surface area contributed by atoms with Gasteiger partial charge in [0.1, 0.15) is 0 Å². The molecule has 20 heavy (non-hydrogen) atoms. The molecule has 1 saturated heterocycles. The molecule has 0 spiro atoms. The van der Waals surface area contributed by atoms with Gasteiger partial charge in [-0.1, -0.05) is 18.9 Å². The monoisotopic (exact) mass is 281 g/mol. The van der Waals surface area contributed by atoms with Crippen molar-refractivity contribution in [2.45, 2.75) is 39.8 Å². The second-order valence-electron chi connectivity index (χ2n) is 6.16. The number of nitrogens with one attached hydrogen (secondary N) is 1. The first-order chi connectivity index (χ1) is 9.56. The Morgan fingerprint density at radius 2 is 2.15 bits per heavy atom. The van der Waals surface area contributed by atoms with Crippen LogP contribution in [0.15, 0.2) is 4.42 Å². The van der Waals surface area contributed by atoms with Crippen molar-refractivity contribution in [2.24, 2.45) is 5.92 Å². The quantitative estimate of drug-likeness (QED) is 0.879. The van der Waals surface area contributed by atoms with Gasteiger partial charge in [0.05, 0.1) is 6.54 Å². The van der Waals surface area contributed by atoms with Gasteiger partial charge in [0, 0.05) is 19.1 Å². The van der Waals surface area contributed by atoms with Crippen molar-refractivity contribution in [3.05, 3.63) is 5.89 Å². The fraction of sp³-hybridized carbons (Fsp3) is 0.857. The molecule has 1 N–H and O–H groups in total. The molecule has 1 aromatic heterocycles. The summed E-state index contributed by atoms with van der Waals surface area (Å²) in [5.74, 6) is 1.30. The van der Waals surface area contributed by atoms with E-state index in [0.717, 1.165) is 32.6 Å². The number of hydrogen-bond donors (Lipinski definition) is 1. The summed E-state index contributed by atoms with van der Waals surface area (Å²) in [5, 5.41) is 11.7. The first-order valence-electron chi connectivity index (χ1n) is 7.54. The lowest BCUT2D eigenvalue weighted by Gasteiger charge is -2.25. The van der Waals surface area contributed by atoms with E-state index in [4.69, 9.17) is 4.42 Å². The molecule has 0 amide bonds. The zero-order valence-electron chi connectivity index (χ0n) is 13.1. The average molecular weight is 281 g/mol. The second-order valence-corrected chi connectivity index (χ2v) is 6.16. The number of nitrogens with zero attached hydrogens (tertiary/aromatic N) is 4. The summed E-state index contributed by atoms with van der Waals surface area (Å²) in [6.45, 7) is 11.3. The van der Waals surface area contributed by atoms with Crippen LogP contribution in [0.25, 0.3) is 0 Å². The SMILES string of the molecule is CC(C)CNCc1nnc(N2CCCN(C)CC2C)o1. The summed E-state index contributed by atoms with van der Waals surface area (Å²) in [5.41, 5.74) is 0. The minimum atomic E-state index is 0.402. The Labute approximate surface area is 121 Å². The third kappa shape index (κ3) is 4.18. The zero-order chi connectivity index (χ0) is 14.5. The van der Waals surface area contributed by atoms with Crippen LogP contribution in [0.2, 0.25) is 0 Å². The zero-order valence-corrected chi connectivity index (χ0v) is 13.1. The van der Waals surface area contributed by atoms with Crippen LogP contribution < -0.4 is 10.2 Å². The maximum absolute atomic E-state index is 5.79. The van der Waals surface area contributed by atoms with Crippen LogP contribution in [0, 0.1) is 5.92 Å². The molecular weight excluding hydrogens is 254 g/mol. The van der Waals surface area contributed by atoms with E-state index in [-0.39, 0.29) is 0 Å². The van der Waals surface area contributed by atoms with Crippen molar-refractivity contribution in [1.29, 1.82) is 0 Å². The molecule has 0 aliphatic carbocycles. The Morgan fingerprint density at radius 1 is 1.35 bits per heavy atom. The Bertz CT molecular complexity index is 406. The first-order valence-corrected chi connectivity index (χ1v) is 7.54. The predicted octanol–water partition coefficient (Wildman–Crippen LogP) is 1.35. The lowest BCUT2D eigenvalue weighted by molar-refractivity contribution is 0.334. The van der Waals surface area contributed by atoms with Gasteiger partial charge in [-0.15, -0.1) is 5.10 Å². The molecule has 114 valence electrons. The van der Waals surface area contributed by atoms with Crippen LogP contribution in [0.1, 0.15) is 33.1 Å². The molecule has 1 aliphatic heterocycles. The highest BCUT2D eigenvalue weighted by Gasteiger charge is 2.23. The first kappa shape index (κ1) is 15.3. The minimum Gasteiger partial charge on any atom is -0.407 e. The van der Waals surface area contributed by atoms with E-state index in [1.165, 1.54) is 0 Å². The molecule has 6 nitrogen and oxygen atoms in total. The predicted molar refractivity (Wildman–Crippen MR) is 79.8 cm³/mol. The standard InChI is InChI=1S/C14H27N5O/c1-11(2)8-15-9-13-16-17-14(20-13)19-7-5-6-18(4)10-12(19)3/h11-12,15H,5-10H2,1-4H3. The third-order valence-electron chi connectivity index (χ3n) is 3.58. The second kappa shape index (κ2) is 7.04. The molecule has 0 bridgehead atoms. The summed E-state index contributed by atoms with van der Waals surface area (Å²) in [6.07, 6.45) is 1.13. The lowest BCUT2D eigenvalue weighted by atomic mass is 10.2. The molecule has 0 aromatic carbocycles. The minimum absolute atomic E-state index is 0.402. The van der Waals surface area contributed by atoms with Crippen LogP contribution >= 0.6 is 0 Å². The number of hydrogen-bond acceptors (Lipinski definition) is 6. The summed E-state index contributed by atoms with van der Waals surface area (Å²) in [4.78, 5) is 4.58. The fourth-order valence-electron chi connectivity index (χ4n) is 2.56. The van der Waals surface area contributed by atoms with Crippen LogP contribution in [0.4, 0.5) is 6.01 Å². The van der Waals surface area contributed by atoms with Crippen molar-refractivity contribution in [2.75, 3.05) is 38.1 Å². The van der Waals surface area contributed by atoms with Crippen molar-refractivity contribution in [3.8, 4) is 0 Å². The van der Waals surface area contributed by atoms with Gasteiger partial charge in [0.2, 0.25) is 5.89 Å². The van der Waals surface area contributed by atoms with Gasteiger partial charge < -0.3 is 19.5 Å². The number of likely N-dealkylation sites (N-methyl/N-ethyl adjacent to an activating group) is 1. The van der Waals surface area contributed by atoms with Gasteiger partial charge in [-0.2, -0.15) is 0 Å². The third-order valence-corrected chi connectivity index (χ3v) is 3.58. The molecule has 0 saturated carbocycles. The summed E-state index contributed by atoms with van der Waals surface area (Å²) >= 11 is 0. The van der Waals surface area contributed by atoms with E-state index in [1.54, 1.807) is 0 Å². The van der Waals surface area contributed by atoms with E-state index < -0.39 is 0 Å². The van der Waals surface area contributed by atoms with Crippen molar-refractivity contribution in [3.63, 3.8) is 0 Å². The summed E-state index contributed by atoms with van der Waals surface area (Å²) < 4.78 is 5.79. The molecular formula is C14H27N5O. The Hall–Kier alpha value is -1.14. The molecule has 1 unspecified atom stereocenters. The topological polar surface area (TPSA) is 57.4 Å². The molecule has 6 heteroatoms. The van der Waals surface area contributed by atoms with E-state index in [1.807, 2.05) is 0 Å². The van der Waals surface area contributed by atoms with Gasteiger partial charge in [-0.25, -0.2) is 0 Å². The van der Waals surface area contributed by atoms with Crippen LogP contribution in [-0.4, -0.2) is 54.4 Å². The fourth-order valence-corrected chi connectivity index (χ4v) is 2.56. The molecule has 1 aromatic rings. The molecule has 1 fully saturated rings. The largest absolute Gasteiger partial charge is 0.407 e. The highest BCUT2D eigenvalue weighted by Crippen LogP contribution is 2.18. The van der Waals surface area contributed by atoms with Crippen LogP contribution in [0.5, 0.6) is 0 Å². The molecule has 1 atom stereocenters. The van der Waals surface area contributed by atoms with Crippen LogP contribution in [-0.2, 0) is 6.54 Å². The van der Waals surface area contributed by atoms with Crippen molar-refractivity contribution in [1.82, 2.24) is 20.4 Å². The lowest BCUT2D eigenvalue weighted by Crippen LogP contribution is -2.38. The van der Waals surface area contributed by atoms with E-state index in [2.05, 4.69) is 53.1 Å². The molecule has 1 aliphatic rings. The van der Waals surface area contributed by atoms with E-state index in [0.29, 0.717) is 30.4 Å². The number of anilines is 1. The molecule has 0 radical (unpaired) electrons. The average Bonchev–Trinajstić information content (AvgIpc) is 2.75. The van der Waals surface area contributed by atoms with Crippen LogP contribution in [0.3, 0.4) is 0 Å². The van der Waals surface area contributed by atoms with Crippen molar-refractivity contribution >= 4 is 6.01 Å². The normalized spacial score (nSPS) is 21.4. The Kier molecular flexibility index (Phi) is 5.37. The Balaban J connectivity index is 1.93. The van der Waals surface area contributed by atoms with Gasteiger partial charge >= 0.3 is 6.01 Å². The number of rotatable bonds is 5. The molecule has 2 heterocycles. The highest BCUT2D eigenvalue weighted by atomic mass is 16.4. The van der Waals surface area contributed by atoms with Gasteiger partial charge in [0.15, 0.2) is 0 Å². The highest BCUT2D eigenvalue weighted by molar-refractivity contribution is 5.26. The maximum atomic E-state index is 5.79. The number of aromatic nitrogens is 2.